The second-order valence-electron chi connectivity index (χ2n) is 5.52. The average Bonchev–Trinajstić information content (AvgIpc) is 2.97. The number of hydrogen-bond acceptors (Lipinski definition) is 4. The van der Waals surface area contributed by atoms with Gasteiger partial charge in [-0.2, -0.15) is 0 Å². The molecule has 1 heterocycles. The van der Waals surface area contributed by atoms with Gasteiger partial charge in [-0.05, 0) is 35.4 Å². The molecule has 5 heteroatoms. The molecule has 0 amide bonds. The molecular weight excluding hydrogens is 250 g/mol. The van der Waals surface area contributed by atoms with Crippen molar-refractivity contribution in [2.24, 2.45) is 0 Å². The smallest absolute Gasteiger partial charge is 0.170 e. The summed E-state index contributed by atoms with van der Waals surface area (Å²) in [5, 5.41) is 12.3. The van der Waals surface area contributed by atoms with Crippen molar-refractivity contribution in [1.29, 1.82) is 0 Å². The summed E-state index contributed by atoms with van der Waals surface area (Å²) < 4.78 is 2.04. The van der Waals surface area contributed by atoms with E-state index in [4.69, 9.17) is 0 Å². The van der Waals surface area contributed by atoms with Crippen LogP contribution in [0.4, 0.5) is 5.69 Å². The van der Waals surface area contributed by atoms with Crippen LogP contribution in [-0.4, -0.2) is 27.3 Å². The second kappa shape index (κ2) is 6.03. The molecule has 1 saturated carbocycles. The standard InChI is InChI=1S/C15H21N5/c1-19(13-8-4-2-5-9-13)12-15-16-17-18-20(15)14-10-6-3-7-11-14/h2,4-5,8-9,14H,3,6-7,10-12H2,1H3. The summed E-state index contributed by atoms with van der Waals surface area (Å²) in [5.74, 6) is 0.961. The monoisotopic (exact) mass is 271 g/mol. The lowest BCUT2D eigenvalue weighted by Gasteiger charge is -2.24. The Morgan fingerprint density at radius 1 is 1.15 bits per heavy atom. The summed E-state index contributed by atoms with van der Waals surface area (Å²) in [7, 11) is 2.08. The topological polar surface area (TPSA) is 46.8 Å². The van der Waals surface area contributed by atoms with Crippen LogP contribution in [0, 0.1) is 0 Å². The molecule has 106 valence electrons. The Balaban J connectivity index is 1.73. The Morgan fingerprint density at radius 3 is 2.65 bits per heavy atom. The predicted molar refractivity (Wildman–Crippen MR) is 78.5 cm³/mol. The van der Waals surface area contributed by atoms with Crippen LogP contribution in [0.1, 0.15) is 44.0 Å². The molecule has 1 aliphatic rings. The third kappa shape index (κ3) is 2.81. The Hall–Kier alpha value is -1.91. The van der Waals surface area contributed by atoms with Gasteiger partial charge in [0.05, 0.1) is 12.6 Å². The zero-order valence-corrected chi connectivity index (χ0v) is 11.9. The number of aromatic nitrogens is 4. The van der Waals surface area contributed by atoms with E-state index >= 15 is 0 Å². The van der Waals surface area contributed by atoms with Crippen LogP contribution in [0.5, 0.6) is 0 Å². The molecule has 0 atom stereocenters. The van der Waals surface area contributed by atoms with E-state index in [2.05, 4.69) is 51.7 Å². The van der Waals surface area contributed by atoms with Gasteiger partial charge in [0, 0.05) is 12.7 Å². The molecule has 0 unspecified atom stereocenters. The minimum atomic E-state index is 0.484. The maximum Gasteiger partial charge on any atom is 0.170 e. The Kier molecular flexibility index (Phi) is 3.95. The summed E-state index contributed by atoms with van der Waals surface area (Å²) in [6.07, 6.45) is 6.33. The van der Waals surface area contributed by atoms with Gasteiger partial charge in [0.25, 0.3) is 0 Å². The zero-order valence-electron chi connectivity index (χ0n) is 11.9. The summed E-state index contributed by atoms with van der Waals surface area (Å²) in [4.78, 5) is 2.19. The molecule has 0 N–H and O–H groups in total. The van der Waals surface area contributed by atoms with Gasteiger partial charge in [-0.3, -0.25) is 0 Å². The van der Waals surface area contributed by atoms with Crippen molar-refractivity contribution in [2.45, 2.75) is 44.7 Å². The Morgan fingerprint density at radius 2 is 1.90 bits per heavy atom. The fraction of sp³-hybridized carbons (Fsp3) is 0.533. The maximum atomic E-state index is 4.22. The first-order valence-corrected chi connectivity index (χ1v) is 7.37. The van der Waals surface area contributed by atoms with Crippen molar-refractivity contribution in [3.63, 3.8) is 0 Å². The van der Waals surface area contributed by atoms with Gasteiger partial charge >= 0.3 is 0 Å². The first-order chi connectivity index (χ1) is 9.84. The fourth-order valence-electron chi connectivity index (χ4n) is 2.91. The van der Waals surface area contributed by atoms with Crippen molar-refractivity contribution >= 4 is 5.69 Å². The minimum absolute atomic E-state index is 0.484. The average molecular weight is 271 g/mol. The molecule has 0 bridgehead atoms. The van der Waals surface area contributed by atoms with Gasteiger partial charge in [0.2, 0.25) is 0 Å². The molecule has 1 aromatic heterocycles. The first-order valence-electron chi connectivity index (χ1n) is 7.37. The predicted octanol–water partition coefficient (Wildman–Crippen LogP) is 2.81. The summed E-state index contributed by atoms with van der Waals surface area (Å²) in [5.41, 5.74) is 1.19. The number of benzene rings is 1. The lowest BCUT2D eigenvalue weighted by Crippen LogP contribution is -2.23. The van der Waals surface area contributed by atoms with Crippen LogP contribution in [0.25, 0.3) is 0 Å². The highest BCUT2D eigenvalue weighted by Crippen LogP contribution is 2.28. The molecule has 3 rings (SSSR count). The number of anilines is 1. The van der Waals surface area contributed by atoms with Crippen molar-refractivity contribution < 1.29 is 0 Å². The number of nitrogens with zero attached hydrogens (tertiary/aromatic N) is 5. The van der Waals surface area contributed by atoms with E-state index in [0.717, 1.165) is 12.4 Å². The highest BCUT2D eigenvalue weighted by atomic mass is 15.6. The van der Waals surface area contributed by atoms with Crippen molar-refractivity contribution in [3.05, 3.63) is 36.2 Å². The summed E-state index contributed by atoms with van der Waals surface area (Å²) in [6, 6.07) is 10.8. The lowest BCUT2D eigenvalue weighted by atomic mass is 9.95. The van der Waals surface area contributed by atoms with Crippen molar-refractivity contribution in [1.82, 2.24) is 20.2 Å². The number of para-hydroxylation sites is 1. The van der Waals surface area contributed by atoms with Gasteiger partial charge in [-0.1, -0.05) is 37.5 Å². The van der Waals surface area contributed by atoms with E-state index in [9.17, 15) is 0 Å². The SMILES string of the molecule is CN(Cc1nnnn1C1CCCCC1)c1ccccc1. The molecular formula is C15H21N5. The Labute approximate surface area is 119 Å². The van der Waals surface area contributed by atoms with Crippen molar-refractivity contribution in [3.8, 4) is 0 Å². The van der Waals surface area contributed by atoms with Gasteiger partial charge in [-0.25, -0.2) is 4.68 Å². The van der Waals surface area contributed by atoms with E-state index in [1.165, 1.54) is 37.8 Å². The molecule has 20 heavy (non-hydrogen) atoms. The summed E-state index contributed by atoms with van der Waals surface area (Å²) >= 11 is 0. The molecule has 1 aromatic carbocycles. The molecule has 1 aliphatic carbocycles. The van der Waals surface area contributed by atoms with Gasteiger partial charge in [0.15, 0.2) is 5.82 Å². The molecule has 0 saturated heterocycles. The highest BCUT2D eigenvalue weighted by molar-refractivity contribution is 5.44. The largest absolute Gasteiger partial charge is 0.367 e. The molecule has 5 nitrogen and oxygen atoms in total. The summed E-state index contributed by atoms with van der Waals surface area (Å²) in [6.45, 7) is 0.744. The van der Waals surface area contributed by atoms with Crippen LogP contribution in [0.3, 0.4) is 0 Å². The Bertz CT molecular complexity index is 530. The van der Waals surface area contributed by atoms with Gasteiger partial charge in [-0.15, -0.1) is 5.10 Å². The van der Waals surface area contributed by atoms with E-state index in [1.807, 2.05) is 10.7 Å². The molecule has 1 fully saturated rings. The maximum absolute atomic E-state index is 4.22. The van der Waals surface area contributed by atoms with Gasteiger partial charge in [0.1, 0.15) is 0 Å². The fourth-order valence-corrected chi connectivity index (χ4v) is 2.91. The first kappa shape index (κ1) is 13.1. The minimum Gasteiger partial charge on any atom is -0.367 e. The van der Waals surface area contributed by atoms with E-state index in [1.54, 1.807) is 0 Å². The quantitative estimate of drug-likeness (QED) is 0.858. The van der Waals surface area contributed by atoms with E-state index < -0.39 is 0 Å². The molecule has 0 radical (unpaired) electrons. The van der Waals surface area contributed by atoms with Crippen LogP contribution >= 0.6 is 0 Å². The molecule has 0 aliphatic heterocycles. The van der Waals surface area contributed by atoms with E-state index in [0.29, 0.717) is 6.04 Å². The van der Waals surface area contributed by atoms with Crippen LogP contribution in [-0.2, 0) is 6.54 Å². The van der Waals surface area contributed by atoms with Crippen molar-refractivity contribution in [2.75, 3.05) is 11.9 Å². The lowest BCUT2D eigenvalue weighted by molar-refractivity contribution is 0.316. The third-order valence-corrected chi connectivity index (χ3v) is 4.06. The van der Waals surface area contributed by atoms with Crippen LogP contribution in [0.15, 0.2) is 30.3 Å². The molecule has 0 spiro atoms. The van der Waals surface area contributed by atoms with Gasteiger partial charge < -0.3 is 4.90 Å². The highest BCUT2D eigenvalue weighted by Gasteiger charge is 2.20. The number of rotatable bonds is 4. The number of tetrazole rings is 1. The number of hydrogen-bond donors (Lipinski definition) is 0. The van der Waals surface area contributed by atoms with Crippen LogP contribution in [0.2, 0.25) is 0 Å². The molecule has 2 aromatic rings. The second-order valence-corrected chi connectivity index (χ2v) is 5.52. The van der Waals surface area contributed by atoms with Crippen LogP contribution < -0.4 is 4.90 Å². The zero-order chi connectivity index (χ0) is 13.8. The van der Waals surface area contributed by atoms with E-state index in [-0.39, 0.29) is 0 Å². The normalized spacial score (nSPS) is 16.2. The third-order valence-electron chi connectivity index (χ3n) is 4.06.